The van der Waals surface area contributed by atoms with Crippen molar-refractivity contribution >= 4 is 100 Å². The van der Waals surface area contributed by atoms with Gasteiger partial charge in [-0.05, 0) is 102 Å². The summed E-state index contributed by atoms with van der Waals surface area (Å²) in [6.45, 7) is 14.9. The van der Waals surface area contributed by atoms with Crippen LogP contribution in [0.3, 0.4) is 0 Å². The number of nitrogens with one attached hydrogen (secondary N) is 2. The molecule has 4 amide bonds. The standard InChI is InChI=1S/C51H62N6O9.4H2S/c1-8-43(59)55-20-18-35(28-55)48(63)54(7)45(30(3)4)47(62)52-41-23-32-21-36(25-37(58)22-32)34-16-17-42-38(26-34)39(46(56(42)9-2)33-14-12-31(13-15-33)24-44(60)61)27-51(5,6)29-66-50(65)40-11-10-19-57(53-40)49(41)64;;;;/h8,12-17,21-22,25-26,30,35,40-41,45,53,58H,1,9-11,18-20,23-24,27-29H2,2-7H3,(H,52,62)(H,60,61);4*1H2/t35-,40-,41-,45-;;;;/m0..../s1. The molecule has 19 heteroatoms. The maximum absolute atomic E-state index is 14.7. The number of aromatic nitrogens is 1. The van der Waals surface area contributed by atoms with Crippen molar-refractivity contribution in [2.45, 2.75) is 97.8 Å². The molecule has 2 saturated heterocycles. The van der Waals surface area contributed by atoms with Crippen LogP contribution < -0.4 is 10.7 Å². The summed E-state index contributed by atoms with van der Waals surface area (Å²) in [5, 5.41) is 26.0. The van der Waals surface area contributed by atoms with Crippen LogP contribution in [0, 0.1) is 17.3 Å². The summed E-state index contributed by atoms with van der Waals surface area (Å²) in [7, 11) is 1.57. The van der Waals surface area contributed by atoms with Gasteiger partial charge in [0.05, 0.1) is 24.6 Å². The van der Waals surface area contributed by atoms with Gasteiger partial charge < -0.3 is 34.6 Å². The number of likely N-dealkylation sites (tertiary alicyclic amines) is 1. The number of esters is 1. The fourth-order valence-corrected chi connectivity index (χ4v) is 9.89. The summed E-state index contributed by atoms with van der Waals surface area (Å²) in [6, 6.07) is 15.8. The zero-order valence-corrected chi connectivity index (χ0v) is 44.8. The lowest BCUT2D eigenvalue weighted by Gasteiger charge is -2.37. The number of hydrogen-bond acceptors (Lipinski definition) is 9. The molecule has 3 aliphatic rings. The molecular formula is C51H70N6O9S4. The minimum absolute atomic E-state index is 0. The molecule has 4 aromatic rings. The van der Waals surface area contributed by atoms with E-state index in [9.17, 15) is 39.0 Å². The number of benzene rings is 3. The normalized spacial score (nSPS) is 19.2. The van der Waals surface area contributed by atoms with Gasteiger partial charge in [-0.1, -0.05) is 70.7 Å². The first-order chi connectivity index (χ1) is 31.4. The number of aromatic hydroxyl groups is 1. The van der Waals surface area contributed by atoms with Crippen molar-refractivity contribution in [2.75, 3.05) is 33.3 Å². The van der Waals surface area contributed by atoms with Gasteiger partial charge in [0.15, 0.2) is 0 Å². The van der Waals surface area contributed by atoms with Gasteiger partial charge in [-0.25, -0.2) is 5.43 Å². The van der Waals surface area contributed by atoms with Crippen LogP contribution in [-0.4, -0.2) is 117 Å². The molecule has 15 nitrogen and oxygen atoms in total. The monoisotopic (exact) mass is 1040 g/mol. The van der Waals surface area contributed by atoms with Crippen molar-refractivity contribution in [3.63, 3.8) is 0 Å². The van der Waals surface area contributed by atoms with Crippen LogP contribution in [0.4, 0.5) is 0 Å². The number of carbonyl (C=O) groups is 6. The van der Waals surface area contributed by atoms with Gasteiger partial charge >= 0.3 is 11.9 Å². The van der Waals surface area contributed by atoms with E-state index in [1.165, 1.54) is 16.0 Å². The molecule has 2 fully saturated rings. The molecule has 4 N–H and O–H groups in total. The molecule has 70 heavy (non-hydrogen) atoms. The quantitative estimate of drug-likeness (QED) is 0.109. The number of aliphatic carboxylic acids is 1. The number of aryl methyl sites for hydroxylation is 1. The fourth-order valence-electron chi connectivity index (χ4n) is 9.89. The highest BCUT2D eigenvalue weighted by molar-refractivity contribution is 7.59. The summed E-state index contributed by atoms with van der Waals surface area (Å²) in [5.74, 6) is -3.89. The van der Waals surface area contributed by atoms with Gasteiger partial charge in [0.25, 0.3) is 5.91 Å². The van der Waals surface area contributed by atoms with Crippen molar-refractivity contribution in [1.82, 2.24) is 30.1 Å². The van der Waals surface area contributed by atoms with Crippen LogP contribution in [-0.2, 0) is 59.3 Å². The number of carboxylic acids is 1. The average Bonchev–Trinajstić information content (AvgIpc) is 3.90. The number of nitrogens with zero attached hydrogens (tertiary/aromatic N) is 4. The van der Waals surface area contributed by atoms with E-state index in [0.717, 1.165) is 33.3 Å². The zero-order chi connectivity index (χ0) is 47.6. The van der Waals surface area contributed by atoms with Gasteiger partial charge in [0.1, 0.15) is 23.9 Å². The Hall–Kier alpha value is -5.08. The summed E-state index contributed by atoms with van der Waals surface area (Å²) >= 11 is 0. The Balaban J connectivity index is 0.00000324. The molecule has 3 aromatic carbocycles. The number of cyclic esters (lactones) is 1. The van der Waals surface area contributed by atoms with E-state index in [-0.39, 0.29) is 110 Å². The Morgan fingerprint density at radius 2 is 1.64 bits per heavy atom. The minimum Gasteiger partial charge on any atom is -0.508 e. The lowest BCUT2D eigenvalue weighted by Crippen LogP contribution is -2.62. The summed E-state index contributed by atoms with van der Waals surface area (Å²) < 4.78 is 8.29. The van der Waals surface area contributed by atoms with Crippen LogP contribution in [0.25, 0.3) is 33.3 Å². The largest absolute Gasteiger partial charge is 0.508 e. The smallest absolute Gasteiger partial charge is 0.324 e. The molecular weight excluding hydrogens is 969 g/mol. The van der Waals surface area contributed by atoms with Crippen LogP contribution >= 0.6 is 54.0 Å². The molecule has 7 rings (SSSR count). The summed E-state index contributed by atoms with van der Waals surface area (Å²) in [5.41, 5.74) is 9.16. The first-order valence-electron chi connectivity index (χ1n) is 22.9. The van der Waals surface area contributed by atoms with E-state index in [0.29, 0.717) is 55.5 Å². The predicted molar refractivity (Wildman–Crippen MR) is 291 cm³/mol. The predicted octanol–water partition coefficient (Wildman–Crippen LogP) is 5.95. The third kappa shape index (κ3) is 13.1. The lowest BCUT2D eigenvalue weighted by molar-refractivity contribution is -0.155. The van der Waals surface area contributed by atoms with Crippen molar-refractivity contribution in [3.05, 3.63) is 90.0 Å². The molecule has 0 unspecified atom stereocenters. The van der Waals surface area contributed by atoms with Crippen molar-refractivity contribution < 1.29 is 43.7 Å². The number of phenols is 1. The molecule has 6 bridgehead atoms. The zero-order valence-electron chi connectivity index (χ0n) is 40.8. The van der Waals surface area contributed by atoms with E-state index in [1.54, 1.807) is 24.1 Å². The number of ether oxygens (including phenoxy) is 1. The molecule has 382 valence electrons. The number of amides is 4. The Kier molecular flexibility index (Phi) is 21.0. The molecule has 0 radical (unpaired) electrons. The number of rotatable bonds is 10. The second-order valence-corrected chi connectivity index (χ2v) is 19.1. The third-order valence-electron chi connectivity index (χ3n) is 13.1. The number of phenolic OH excluding ortho intramolecular Hbond substituents is 1. The van der Waals surface area contributed by atoms with Crippen LogP contribution in [0.5, 0.6) is 5.75 Å². The van der Waals surface area contributed by atoms with Crippen LogP contribution in [0.15, 0.2) is 73.3 Å². The Bertz CT molecular complexity index is 2570. The van der Waals surface area contributed by atoms with E-state index in [2.05, 4.69) is 34.9 Å². The minimum atomic E-state index is -1.18. The Labute approximate surface area is 438 Å². The maximum atomic E-state index is 14.7. The van der Waals surface area contributed by atoms with Gasteiger partial charge in [-0.2, -0.15) is 54.0 Å². The molecule has 0 saturated carbocycles. The van der Waals surface area contributed by atoms with E-state index < -0.39 is 53.2 Å². The van der Waals surface area contributed by atoms with Gasteiger partial charge in [0.2, 0.25) is 17.7 Å². The van der Waals surface area contributed by atoms with E-state index >= 15 is 0 Å². The number of carboxylic acid groups (broad SMARTS) is 1. The number of carbonyl (C=O) groups excluding carboxylic acids is 5. The molecule has 0 aliphatic carbocycles. The molecule has 3 aliphatic heterocycles. The number of hydrazine groups is 1. The van der Waals surface area contributed by atoms with E-state index in [4.69, 9.17) is 4.74 Å². The summed E-state index contributed by atoms with van der Waals surface area (Å²) in [4.78, 5) is 83.7. The highest BCUT2D eigenvalue weighted by Gasteiger charge is 2.40. The average molecular weight is 1040 g/mol. The van der Waals surface area contributed by atoms with Crippen molar-refractivity contribution in [3.8, 4) is 28.1 Å². The molecule has 4 heterocycles. The molecule has 1 aromatic heterocycles. The van der Waals surface area contributed by atoms with Crippen LogP contribution in [0.1, 0.15) is 70.6 Å². The second kappa shape index (κ2) is 24.8. The topological polar surface area (TPSA) is 191 Å². The maximum Gasteiger partial charge on any atom is 0.324 e. The van der Waals surface area contributed by atoms with Gasteiger partial charge in [0, 0.05) is 56.0 Å². The number of fused-ring (bicyclic) bond motifs is 6. The first-order valence-corrected chi connectivity index (χ1v) is 22.9. The van der Waals surface area contributed by atoms with E-state index in [1.807, 2.05) is 70.2 Å². The fraction of sp³-hybridized carbons (Fsp3) is 0.451. The SMILES string of the molecule is C=CC(=O)N1CC[C@H](C(=O)N(C)[C@H](C(=O)N[C@H]2Cc3cc(O)cc(c3)-c3ccc4c(c3)c(c(-c3ccc(CC(=O)O)cc3)n4CC)CC(C)(C)COC(=O)[C@@H]3CCCN(N3)C2=O)C(C)C)C1.S.S.S.S. The first kappa shape index (κ1) is 59.2. The lowest BCUT2D eigenvalue weighted by atomic mass is 9.84. The van der Waals surface area contributed by atoms with Gasteiger partial charge in [-0.15, -0.1) is 0 Å². The summed E-state index contributed by atoms with van der Waals surface area (Å²) in [6.07, 6.45) is 2.97. The highest BCUT2D eigenvalue weighted by Crippen LogP contribution is 2.41. The molecule has 0 spiro atoms. The highest BCUT2D eigenvalue weighted by atomic mass is 32.1. The molecule has 4 atom stereocenters. The Morgan fingerprint density at radius 1 is 0.957 bits per heavy atom. The second-order valence-electron chi connectivity index (χ2n) is 19.1. The Morgan fingerprint density at radius 3 is 2.29 bits per heavy atom. The van der Waals surface area contributed by atoms with Crippen molar-refractivity contribution in [1.29, 1.82) is 0 Å². The number of hydrogen-bond donors (Lipinski definition) is 4. The van der Waals surface area contributed by atoms with Crippen molar-refractivity contribution in [2.24, 2.45) is 17.3 Å². The number of likely N-dealkylation sites (N-methyl/N-ethyl adjacent to an activating group) is 1. The van der Waals surface area contributed by atoms with Crippen LogP contribution in [0.2, 0.25) is 0 Å². The third-order valence-corrected chi connectivity index (χ3v) is 13.1. The van der Waals surface area contributed by atoms with Gasteiger partial charge in [-0.3, -0.25) is 33.8 Å².